The lowest BCUT2D eigenvalue weighted by molar-refractivity contribution is -0.385. The minimum Gasteiger partial charge on any atom is -0.497 e. The van der Waals surface area contributed by atoms with Crippen LogP contribution in [0.25, 0.3) is 0 Å². The lowest BCUT2D eigenvalue weighted by Crippen LogP contribution is -2.51. The van der Waals surface area contributed by atoms with Crippen molar-refractivity contribution in [2.75, 3.05) is 24.5 Å². The van der Waals surface area contributed by atoms with E-state index in [-0.39, 0.29) is 28.7 Å². The maximum atomic E-state index is 14.0. The molecule has 0 bridgehead atoms. The van der Waals surface area contributed by atoms with E-state index in [4.69, 9.17) is 4.74 Å². The van der Waals surface area contributed by atoms with Crippen LogP contribution < -0.4 is 14.4 Å². The molecule has 0 aromatic heterocycles. The second kappa shape index (κ2) is 15.0. The SMILES string of the molecule is CCCCNC(=O)C(C)N(Cc1ccc(Br)cc1)C(=O)CN(c1ccc(OC)cc1)S(=O)(=O)c1ccc(C)c([N+](=O)[O-])c1. The molecule has 43 heavy (non-hydrogen) atoms. The molecule has 0 fully saturated rings. The number of halogens is 1. The average Bonchev–Trinajstić information content (AvgIpc) is 2.99. The molecule has 1 N–H and O–H groups in total. The zero-order valence-corrected chi connectivity index (χ0v) is 26.9. The van der Waals surface area contributed by atoms with Crippen molar-refractivity contribution in [2.45, 2.75) is 51.1 Å². The molecule has 11 nitrogen and oxygen atoms in total. The van der Waals surface area contributed by atoms with E-state index in [1.165, 1.54) is 43.2 Å². The molecule has 0 radical (unpaired) electrons. The normalized spacial score (nSPS) is 11.8. The van der Waals surface area contributed by atoms with Crippen molar-refractivity contribution in [1.29, 1.82) is 0 Å². The number of hydrogen-bond donors (Lipinski definition) is 1. The Balaban J connectivity index is 2.06. The fraction of sp³-hybridized carbons (Fsp3) is 0.333. The fourth-order valence-corrected chi connectivity index (χ4v) is 5.96. The Labute approximate surface area is 260 Å². The Bertz CT molecular complexity index is 1550. The van der Waals surface area contributed by atoms with Crippen LogP contribution in [0.15, 0.2) is 76.1 Å². The van der Waals surface area contributed by atoms with Gasteiger partial charge in [-0.25, -0.2) is 8.42 Å². The second-order valence-electron chi connectivity index (χ2n) is 9.88. The molecule has 1 unspecified atom stereocenters. The van der Waals surface area contributed by atoms with Crippen LogP contribution in [0, 0.1) is 17.0 Å². The van der Waals surface area contributed by atoms with Crippen LogP contribution in [0.2, 0.25) is 0 Å². The summed E-state index contributed by atoms with van der Waals surface area (Å²) in [5.41, 5.74) is 0.801. The molecule has 1 atom stereocenters. The molecule has 2 amide bonds. The predicted octanol–water partition coefficient (Wildman–Crippen LogP) is 5.20. The van der Waals surface area contributed by atoms with E-state index in [1.807, 2.05) is 19.1 Å². The number of nitro benzene ring substituents is 1. The predicted molar refractivity (Wildman–Crippen MR) is 167 cm³/mol. The van der Waals surface area contributed by atoms with Crippen LogP contribution >= 0.6 is 15.9 Å². The minimum absolute atomic E-state index is 0.0426. The van der Waals surface area contributed by atoms with E-state index in [9.17, 15) is 28.1 Å². The first-order valence-electron chi connectivity index (χ1n) is 13.6. The summed E-state index contributed by atoms with van der Waals surface area (Å²) >= 11 is 3.39. The fourth-order valence-electron chi connectivity index (χ4n) is 4.26. The second-order valence-corrected chi connectivity index (χ2v) is 12.7. The van der Waals surface area contributed by atoms with Gasteiger partial charge in [0.25, 0.3) is 15.7 Å². The maximum absolute atomic E-state index is 14.0. The van der Waals surface area contributed by atoms with E-state index in [1.54, 1.807) is 31.2 Å². The Morgan fingerprint density at radius 1 is 1.07 bits per heavy atom. The maximum Gasteiger partial charge on any atom is 0.273 e. The first kappa shape index (κ1) is 33.5. The van der Waals surface area contributed by atoms with Gasteiger partial charge in [0.1, 0.15) is 18.3 Å². The molecule has 3 aromatic rings. The summed E-state index contributed by atoms with van der Waals surface area (Å²) in [6.07, 6.45) is 1.65. The number of hydrogen-bond acceptors (Lipinski definition) is 7. The third-order valence-corrected chi connectivity index (χ3v) is 9.17. The van der Waals surface area contributed by atoms with E-state index in [0.29, 0.717) is 17.9 Å². The average molecular weight is 676 g/mol. The summed E-state index contributed by atoms with van der Waals surface area (Å²) in [5.74, 6) is -0.540. The van der Waals surface area contributed by atoms with Crippen molar-refractivity contribution >= 4 is 49.1 Å². The summed E-state index contributed by atoms with van der Waals surface area (Å²) in [5, 5.41) is 14.4. The van der Waals surface area contributed by atoms with Gasteiger partial charge in [-0.15, -0.1) is 0 Å². The lowest BCUT2D eigenvalue weighted by atomic mass is 10.1. The zero-order chi connectivity index (χ0) is 31.7. The topological polar surface area (TPSA) is 139 Å². The molecule has 0 aliphatic carbocycles. The van der Waals surface area contributed by atoms with E-state index >= 15 is 0 Å². The number of nitrogens with one attached hydrogen (secondary N) is 1. The number of nitrogens with zero attached hydrogens (tertiary/aromatic N) is 3. The van der Waals surface area contributed by atoms with Crippen molar-refractivity contribution in [3.05, 3.63) is 92.4 Å². The number of nitro groups is 1. The standard InChI is InChI=1S/C30H35BrN4O7S/c1-5-6-17-32-30(37)22(3)33(19-23-8-10-24(31)11-9-23)29(36)20-34(25-12-14-26(42-4)15-13-25)43(40,41)27-16-7-21(2)28(18-27)35(38)39/h7-16,18,22H,5-6,17,19-20H2,1-4H3,(H,32,37). The molecular weight excluding hydrogens is 640 g/mol. The van der Waals surface area contributed by atoms with E-state index in [0.717, 1.165) is 33.2 Å². The number of anilines is 1. The number of methoxy groups -OCH3 is 1. The summed E-state index contributed by atoms with van der Waals surface area (Å²) < 4.78 is 35.0. The Kier molecular flexibility index (Phi) is 11.7. The number of aryl methyl sites for hydroxylation is 1. The van der Waals surface area contributed by atoms with Gasteiger partial charge in [-0.05, 0) is 68.3 Å². The highest BCUT2D eigenvalue weighted by Crippen LogP contribution is 2.29. The van der Waals surface area contributed by atoms with Gasteiger partial charge in [-0.2, -0.15) is 0 Å². The Morgan fingerprint density at radius 2 is 1.72 bits per heavy atom. The van der Waals surface area contributed by atoms with Gasteiger partial charge in [0.05, 0.1) is 22.6 Å². The van der Waals surface area contributed by atoms with Crippen molar-refractivity contribution in [1.82, 2.24) is 10.2 Å². The zero-order valence-electron chi connectivity index (χ0n) is 24.4. The molecule has 13 heteroatoms. The van der Waals surface area contributed by atoms with Crippen molar-refractivity contribution in [3.63, 3.8) is 0 Å². The van der Waals surface area contributed by atoms with Gasteiger partial charge in [0, 0.05) is 29.2 Å². The molecule has 0 aliphatic heterocycles. The molecule has 3 aromatic carbocycles. The molecule has 0 heterocycles. The number of rotatable bonds is 14. The quantitative estimate of drug-likeness (QED) is 0.141. The Morgan fingerprint density at radius 3 is 2.30 bits per heavy atom. The number of amides is 2. The molecule has 0 aliphatic rings. The van der Waals surface area contributed by atoms with Crippen molar-refractivity contribution in [3.8, 4) is 5.75 Å². The smallest absolute Gasteiger partial charge is 0.273 e. The molecular formula is C30H35BrN4O7S. The van der Waals surface area contributed by atoms with Crippen LogP contribution in [0.1, 0.15) is 37.8 Å². The van der Waals surface area contributed by atoms with E-state index in [2.05, 4.69) is 21.2 Å². The van der Waals surface area contributed by atoms with Crippen LogP contribution in [0.5, 0.6) is 5.75 Å². The monoisotopic (exact) mass is 674 g/mol. The summed E-state index contributed by atoms with van der Waals surface area (Å²) in [6, 6.07) is 15.9. The molecule has 0 saturated heterocycles. The first-order valence-corrected chi connectivity index (χ1v) is 15.9. The van der Waals surface area contributed by atoms with Gasteiger partial charge in [-0.1, -0.05) is 47.5 Å². The lowest BCUT2D eigenvalue weighted by Gasteiger charge is -2.32. The number of benzene rings is 3. The highest BCUT2D eigenvalue weighted by molar-refractivity contribution is 9.10. The van der Waals surface area contributed by atoms with Gasteiger partial charge < -0.3 is 15.0 Å². The number of carbonyl (C=O) groups is 2. The Hall–Kier alpha value is -3.97. The third-order valence-electron chi connectivity index (χ3n) is 6.87. The number of sulfonamides is 1. The van der Waals surface area contributed by atoms with Gasteiger partial charge >= 0.3 is 0 Å². The summed E-state index contributed by atoms with van der Waals surface area (Å²) in [7, 11) is -3.02. The molecule has 230 valence electrons. The molecule has 3 rings (SSSR count). The van der Waals surface area contributed by atoms with E-state index < -0.39 is 33.4 Å². The highest BCUT2D eigenvalue weighted by Gasteiger charge is 2.33. The summed E-state index contributed by atoms with van der Waals surface area (Å²) in [4.78, 5) is 39.0. The van der Waals surface area contributed by atoms with Gasteiger partial charge in [-0.3, -0.25) is 24.0 Å². The number of ether oxygens (including phenoxy) is 1. The van der Waals surface area contributed by atoms with Crippen LogP contribution in [0.4, 0.5) is 11.4 Å². The van der Waals surface area contributed by atoms with Crippen LogP contribution in [0.3, 0.4) is 0 Å². The van der Waals surface area contributed by atoms with Gasteiger partial charge in [0.15, 0.2) is 0 Å². The largest absolute Gasteiger partial charge is 0.497 e. The summed E-state index contributed by atoms with van der Waals surface area (Å²) in [6.45, 7) is 4.91. The van der Waals surface area contributed by atoms with Crippen LogP contribution in [-0.4, -0.2) is 56.3 Å². The number of carbonyl (C=O) groups excluding carboxylic acids is 2. The first-order chi connectivity index (χ1) is 20.4. The minimum atomic E-state index is -4.48. The third kappa shape index (κ3) is 8.54. The van der Waals surface area contributed by atoms with Crippen molar-refractivity contribution < 1.29 is 27.7 Å². The molecule has 0 saturated carbocycles. The highest BCUT2D eigenvalue weighted by atomic mass is 79.9. The molecule has 0 spiro atoms. The van der Waals surface area contributed by atoms with Crippen molar-refractivity contribution in [2.24, 2.45) is 0 Å². The van der Waals surface area contributed by atoms with Crippen LogP contribution in [-0.2, 0) is 26.2 Å². The number of unbranched alkanes of at least 4 members (excludes halogenated alkanes) is 1. The van der Waals surface area contributed by atoms with Gasteiger partial charge in [0.2, 0.25) is 11.8 Å².